The molecule has 2 aromatic carbocycles. The highest BCUT2D eigenvalue weighted by atomic mass is 19.1. The maximum absolute atomic E-state index is 13.8. The van der Waals surface area contributed by atoms with Crippen molar-refractivity contribution in [2.24, 2.45) is 0 Å². The van der Waals surface area contributed by atoms with E-state index in [0.717, 1.165) is 16.8 Å². The topological polar surface area (TPSA) is 66.9 Å². The number of aryl methyl sites for hydroxylation is 4. The van der Waals surface area contributed by atoms with E-state index in [1.807, 2.05) is 20.8 Å². The second-order valence-electron chi connectivity index (χ2n) is 6.52. The molecule has 1 amide bonds. The third-order valence-corrected chi connectivity index (χ3v) is 4.12. The molecular weight excluding hydrogens is 343 g/mol. The van der Waals surface area contributed by atoms with Crippen LogP contribution in [0.1, 0.15) is 33.0 Å². The van der Waals surface area contributed by atoms with Gasteiger partial charge in [0.1, 0.15) is 23.2 Å². The minimum absolute atomic E-state index is 0.110. The van der Waals surface area contributed by atoms with Crippen LogP contribution in [0.25, 0.3) is 0 Å². The third kappa shape index (κ3) is 4.28. The summed E-state index contributed by atoms with van der Waals surface area (Å²) in [5.74, 6) is -0.0378. The van der Waals surface area contributed by atoms with Gasteiger partial charge in [-0.25, -0.2) is 14.4 Å². The number of anilines is 3. The van der Waals surface area contributed by atoms with E-state index in [0.29, 0.717) is 11.6 Å². The van der Waals surface area contributed by atoms with Crippen LogP contribution in [-0.4, -0.2) is 15.9 Å². The Hall–Kier alpha value is -3.28. The Balaban J connectivity index is 1.89. The van der Waals surface area contributed by atoms with Gasteiger partial charge >= 0.3 is 0 Å². The van der Waals surface area contributed by atoms with Crippen molar-refractivity contribution >= 4 is 23.1 Å². The number of rotatable bonds is 4. The van der Waals surface area contributed by atoms with Crippen molar-refractivity contribution in [1.82, 2.24) is 9.97 Å². The number of hydrogen-bond acceptors (Lipinski definition) is 4. The molecule has 0 saturated carbocycles. The molecule has 0 aliphatic rings. The number of carbonyl (C=O) groups excluding carboxylic acids is 1. The van der Waals surface area contributed by atoms with Gasteiger partial charge in [-0.2, -0.15) is 0 Å². The van der Waals surface area contributed by atoms with E-state index in [2.05, 4.69) is 32.7 Å². The number of halogens is 1. The molecule has 0 bridgehead atoms. The van der Waals surface area contributed by atoms with E-state index in [9.17, 15) is 9.18 Å². The lowest BCUT2D eigenvalue weighted by Crippen LogP contribution is -2.16. The number of benzene rings is 2. The van der Waals surface area contributed by atoms with Crippen LogP contribution in [0.15, 0.2) is 42.5 Å². The Labute approximate surface area is 157 Å². The molecule has 0 atom stereocenters. The molecule has 1 heterocycles. The van der Waals surface area contributed by atoms with E-state index in [1.165, 1.54) is 17.7 Å². The number of nitrogens with one attached hydrogen (secondary N) is 2. The predicted molar refractivity (Wildman–Crippen MR) is 105 cm³/mol. The van der Waals surface area contributed by atoms with Crippen LogP contribution < -0.4 is 10.6 Å². The van der Waals surface area contributed by atoms with E-state index in [4.69, 9.17) is 0 Å². The zero-order valence-corrected chi connectivity index (χ0v) is 15.7. The predicted octanol–water partition coefficient (Wildman–Crippen LogP) is 4.85. The van der Waals surface area contributed by atoms with Gasteiger partial charge in [-0.1, -0.05) is 29.8 Å². The fraction of sp³-hybridized carbons (Fsp3) is 0.190. The molecule has 0 aliphatic heterocycles. The molecule has 0 radical (unpaired) electrons. The zero-order chi connectivity index (χ0) is 19.6. The van der Waals surface area contributed by atoms with Gasteiger partial charge in [0.2, 0.25) is 0 Å². The summed E-state index contributed by atoms with van der Waals surface area (Å²) in [6, 6.07) is 11.7. The number of hydrogen-bond donors (Lipinski definition) is 2. The first-order valence-corrected chi connectivity index (χ1v) is 8.60. The lowest BCUT2D eigenvalue weighted by molar-refractivity contribution is 0.102. The summed E-state index contributed by atoms with van der Waals surface area (Å²) in [6.07, 6.45) is 0. The number of aromatic nitrogens is 2. The largest absolute Gasteiger partial charge is 0.340 e. The Morgan fingerprint density at radius 2 is 1.63 bits per heavy atom. The first kappa shape index (κ1) is 18.5. The van der Waals surface area contributed by atoms with Crippen LogP contribution in [0, 0.1) is 33.5 Å². The van der Waals surface area contributed by atoms with Gasteiger partial charge in [0.05, 0.1) is 5.69 Å². The number of carbonyl (C=O) groups is 1. The van der Waals surface area contributed by atoms with Crippen molar-refractivity contribution in [2.75, 3.05) is 10.6 Å². The van der Waals surface area contributed by atoms with Gasteiger partial charge in [-0.3, -0.25) is 4.79 Å². The fourth-order valence-electron chi connectivity index (χ4n) is 3.00. The molecule has 3 aromatic rings. The number of para-hydroxylation sites is 1. The van der Waals surface area contributed by atoms with Crippen LogP contribution in [0.4, 0.5) is 21.6 Å². The highest BCUT2D eigenvalue weighted by Crippen LogP contribution is 2.25. The third-order valence-electron chi connectivity index (χ3n) is 4.12. The van der Waals surface area contributed by atoms with Crippen LogP contribution >= 0.6 is 0 Å². The van der Waals surface area contributed by atoms with E-state index in [1.54, 1.807) is 25.1 Å². The monoisotopic (exact) mass is 364 g/mol. The van der Waals surface area contributed by atoms with Crippen LogP contribution in [0.5, 0.6) is 0 Å². The lowest BCUT2D eigenvalue weighted by atomic mass is 10.1. The number of nitrogens with zero attached hydrogens (tertiary/aromatic N) is 2. The standard InChI is InChI=1S/C21H21FN4O/c1-12-9-13(2)20(14(3)10-12)26-19-11-18(23-15(4)24-19)21(27)25-17-8-6-5-7-16(17)22/h5-11H,1-4H3,(H,25,27)(H,23,24,26). The normalized spacial score (nSPS) is 10.6. The molecule has 6 heteroatoms. The van der Waals surface area contributed by atoms with E-state index >= 15 is 0 Å². The quantitative estimate of drug-likeness (QED) is 0.695. The Morgan fingerprint density at radius 3 is 2.30 bits per heavy atom. The van der Waals surface area contributed by atoms with Gasteiger partial charge in [0.15, 0.2) is 0 Å². The number of amides is 1. The van der Waals surface area contributed by atoms with Gasteiger partial charge < -0.3 is 10.6 Å². The zero-order valence-electron chi connectivity index (χ0n) is 15.7. The average molecular weight is 364 g/mol. The molecule has 0 unspecified atom stereocenters. The molecule has 0 spiro atoms. The Kier molecular flexibility index (Phi) is 5.16. The molecule has 0 fully saturated rings. The summed E-state index contributed by atoms with van der Waals surface area (Å²) in [5, 5.41) is 5.82. The summed E-state index contributed by atoms with van der Waals surface area (Å²) in [5.41, 5.74) is 4.56. The molecule has 5 nitrogen and oxygen atoms in total. The van der Waals surface area contributed by atoms with Gasteiger partial charge in [0.25, 0.3) is 5.91 Å². The fourth-order valence-corrected chi connectivity index (χ4v) is 3.00. The first-order valence-electron chi connectivity index (χ1n) is 8.60. The molecule has 3 rings (SSSR count). The summed E-state index contributed by atoms with van der Waals surface area (Å²) in [6.45, 7) is 7.79. The molecule has 0 aliphatic carbocycles. The maximum Gasteiger partial charge on any atom is 0.274 e. The smallest absolute Gasteiger partial charge is 0.274 e. The van der Waals surface area contributed by atoms with E-state index < -0.39 is 11.7 Å². The minimum Gasteiger partial charge on any atom is -0.340 e. The van der Waals surface area contributed by atoms with Gasteiger partial charge in [-0.15, -0.1) is 0 Å². The summed E-state index contributed by atoms with van der Waals surface area (Å²) in [7, 11) is 0. The summed E-state index contributed by atoms with van der Waals surface area (Å²) in [4.78, 5) is 21.0. The highest BCUT2D eigenvalue weighted by Gasteiger charge is 2.14. The average Bonchev–Trinajstić information content (AvgIpc) is 2.59. The van der Waals surface area contributed by atoms with Gasteiger partial charge in [0, 0.05) is 11.8 Å². The van der Waals surface area contributed by atoms with Crippen molar-refractivity contribution in [3.05, 3.63) is 76.5 Å². The molecule has 1 aromatic heterocycles. The van der Waals surface area contributed by atoms with Crippen molar-refractivity contribution in [1.29, 1.82) is 0 Å². The van der Waals surface area contributed by atoms with Crippen LogP contribution in [0.3, 0.4) is 0 Å². The van der Waals surface area contributed by atoms with E-state index in [-0.39, 0.29) is 11.4 Å². The second kappa shape index (κ2) is 7.53. The lowest BCUT2D eigenvalue weighted by Gasteiger charge is -2.14. The van der Waals surface area contributed by atoms with Crippen molar-refractivity contribution in [3.8, 4) is 0 Å². The first-order chi connectivity index (χ1) is 12.8. The summed E-state index contributed by atoms with van der Waals surface area (Å²) >= 11 is 0. The Morgan fingerprint density at radius 1 is 0.963 bits per heavy atom. The van der Waals surface area contributed by atoms with Crippen LogP contribution in [-0.2, 0) is 0 Å². The summed E-state index contributed by atoms with van der Waals surface area (Å²) < 4.78 is 13.8. The molecule has 2 N–H and O–H groups in total. The van der Waals surface area contributed by atoms with Crippen molar-refractivity contribution < 1.29 is 9.18 Å². The Bertz CT molecular complexity index is 994. The SMILES string of the molecule is Cc1cc(C)c(Nc2cc(C(=O)Nc3ccccc3F)nc(C)n2)c(C)c1. The molecule has 138 valence electrons. The molecule has 0 saturated heterocycles. The molecule has 27 heavy (non-hydrogen) atoms. The second-order valence-corrected chi connectivity index (χ2v) is 6.52. The van der Waals surface area contributed by atoms with Crippen LogP contribution in [0.2, 0.25) is 0 Å². The highest BCUT2D eigenvalue weighted by molar-refractivity contribution is 6.03. The molecular formula is C21H21FN4O. The van der Waals surface area contributed by atoms with Gasteiger partial charge in [-0.05, 0) is 51.0 Å². The minimum atomic E-state index is -0.499. The van der Waals surface area contributed by atoms with Crippen molar-refractivity contribution in [3.63, 3.8) is 0 Å². The maximum atomic E-state index is 13.8. The van der Waals surface area contributed by atoms with Crippen molar-refractivity contribution in [2.45, 2.75) is 27.7 Å².